The number of rotatable bonds is 8. The van der Waals surface area contributed by atoms with E-state index in [2.05, 4.69) is 75.1 Å². The molecule has 0 unspecified atom stereocenters. The van der Waals surface area contributed by atoms with Crippen molar-refractivity contribution >= 4 is 43.5 Å². The monoisotopic (exact) mass is 508 g/mol. The predicted octanol–water partition coefficient (Wildman–Crippen LogP) is 7.33. The van der Waals surface area contributed by atoms with E-state index < -0.39 is 0 Å². The number of hydrogen-bond donors (Lipinski definition) is 1. The van der Waals surface area contributed by atoms with Crippen molar-refractivity contribution in [2.45, 2.75) is 73.1 Å². The summed E-state index contributed by atoms with van der Waals surface area (Å²) < 4.78 is 1.94. The van der Waals surface area contributed by atoms with E-state index in [0.29, 0.717) is 5.56 Å². The van der Waals surface area contributed by atoms with Crippen molar-refractivity contribution in [1.82, 2.24) is 4.98 Å². The van der Waals surface area contributed by atoms with Crippen molar-refractivity contribution in [3.8, 4) is 0 Å². The Morgan fingerprint density at radius 3 is 2.14 bits per heavy atom. The number of carbonyl (C=O) groups is 1. The van der Waals surface area contributed by atoms with Gasteiger partial charge in [0.25, 0.3) is 5.91 Å². The van der Waals surface area contributed by atoms with Gasteiger partial charge in [-0.2, -0.15) is 0 Å². The number of pyridine rings is 1. The van der Waals surface area contributed by atoms with Crippen molar-refractivity contribution in [2.24, 2.45) is 0 Å². The first-order chi connectivity index (χ1) is 13.3. The minimum absolute atomic E-state index is 0.0969. The topological polar surface area (TPSA) is 42.0 Å². The molecule has 28 heavy (non-hydrogen) atoms. The Balaban J connectivity index is 2.44. The molecule has 0 spiro atoms. The number of aromatic nitrogens is 1. The van der Waals surface area contributed by atoms with Gasteiger partial charge in [0.1, 0.15) is 0 Å². The number of aryl methyl sites for hydroxylation is 4. The van der Waals surface area contributed by atoms with Crippen molar-refractivity contribution in [2.75, 3.05) is 5.32 Å². The third kappa shape index (κ3) is 5.24. The Labute approximate surface area is 186 Å². The van der Waals surface area contributed by atoms with Crippen LogP contribution >= 0.6 is 31.9 Å². The first-order valence-corrected chi connectivity index (χ1v) is 11.7. The molecule has 0 aliphatic heterocycles. The van der Waals surface area contributed by atoms with E-state index in [-0.39, 0.29) is 5.91 Å². The summed E-state index contributed by atoms with van der Waals surface area (Å²) in [5.74, 6) is -0.0969. The van der Waals surface area contributed by atoms with Gasteiger partial charge in [0.15, 0.2) is 0 Å². The number of carbonyl (C=O) groups excluding carboxylic acids is 1. The Hall–Kier alpha value is -1.20. The van der Waals surface area contributed by atoms with Gasteiger partial charge in [0.05, 0.1) is 11.3 Å². The molecule has 1 N–H and O–H groups in total. The van der Waals surface area contributed by atoms with Crippen LogP contribution in [0, 0.1) is 13.8 Å². The molecule has 0 atom stereocenters. The van der Waals surface area contributed by atoms with Gasteiger partial charge in [-0.15, -0.1) is 0 Å². The molecule has 0 saturated heterocycles. The smallest absolute Gasteiger partial charge is 0.258 e. The van der Waals surface area contributed by atoms with E-state index >= 15 is 0 Å². The molecule has 152 valence electrons. The van der Waals surface area contributed by atoms with Crippen LogP contribution in [-0.2, 0) is 19.3 Å². The summed E-state index contributed by atoms with van der Waals surface area (Å²) in [5.41, 5.74) is 6.75. The summed E-state index contributed by atoms with van der Waals surface area (Å²) in [5, 5.41) is 3.19. The van der Waals surface area contributed by atoms with Crippen molar-refractivity contribution < 1.29 is 4.79 Å². The minimum atomic E-state index is -0.0969. The quantitative estimate of drug-likeness (QED) is 0.378. The highest BCUT2D eigenvalue weighted by atomic mass is 79.9. The molecule has 1 aromatic heterocycles. The standard InChI is InChI=1S/C23H30Br2N2O/c1-6-9-10-11-19-14(4)26-15(5)20(21(19)25)23(28)27-22-16(7-2)12-18(24)13-17(22)8-3/h12-13H,6-11H2,1-5H3,(H,27,28). The first-order valence-electron chi connectivity index (χ1n) is 10.1. The molecule has 2 aromatic rings. The Morgan fingerprint density at radius 1 is 1.00 bits per heavy atom. The highest BCUT2D eigenvalue weighted by molar-refractivity contribution is 9.10. The summed E-state index contributed by atoms with van der Waals surface area (Å²) in [6.45, 7) is 10.4. The Morgan fingerprint density at radius 2 is 1.61 bits per heavy atom. The SMILES string of the molecule is CCCCCc1c(C)nc(C)c(C(=O)Nc2c(CC)cc(Br)cc2CC)c1Br. The van der Waals surface area contributed by atoms with Gasteiger partial charge in [-0.3, -0.25) is 9.78 Å². The average molecular weight is 510 g/mol. The fourth-order valence-electron chi connectivity index (χ4n) is 3.57. The summed E-state index contributed by atoms with van der Waals surface area (Å²) >= 11 is 7.30. The second-order valence-electron chi connectivity index (χ2n) is 7.17. The minimum Gasteiger partial charge on any atom is -0.321 e. The van der Waals surface area contributed by atoms with Crippen LogP contribution in [0.3, 0.4) is 0 Å². The number of benzene rings is 1. The molecule has 1 heterocycles. The first kappa shape index (κ1) is 23.1. The van der Waals surface area contributed by atoms with Gasteiger partial charge in [-0.05, 0) is 84.3 Å². The number of nitrogens with zero attached hydrogens (tertiary/aromatic N) is 1. The molecular formula is C23H30Br2N2O. The van der Waals surface area contributed by atoms with E-state index in [0.717, 1.165) is 68.4 Å². The highest BCUT2D eigenvalue weighted by Crippen LogP contribution is 2.31. The van der Waals surface area contributed by atoms with Gasteiger partial charge in [0.2, 0.25) is 0 Å². The fourth-order valence-corrected chi connectivity index (χ4v) is 5.07. The number of nitrogens with one attached hydrogen (secondary N) is 1. The molecule has 1 aromatic carbocycles. The van der Waals surface area contributed by atoms with Crippen LogP contribution in [0.2, 0.25) is 0 Å². The van der Waals surface area contributed by atoms with Crippen molar-refractivity contribution in [3.63, 3.8) is 0 Å². The Kier molecular flexibility index (Phi) is 8.69. The second-order valence-corrected chi connectivity index (χ2v) is 8.88. The lowest BCUT2D eigenvalue weighted by Gasteiger charge is -2.18. The van der Waals surface area contributed by atoms with Gasteiger partial charge in [-0.25, -0.2) is 0 Å². The Bertz CT molecular complexity index is 837. The van der Waals surface area contributed by atoms with Crippen LogP contribution in [0.1, 0.15) is 78.5 Å². The molecule has 5 heteroatoms. The summed E-state index contributed by atoms with van der Waals surface area (Å²) in [6, 6.07) is 4.17. The van der Waals surface area contributed by atoms with E-state index in [1.54, 1.807) is 0 Å². The van der Waals surface area contributed by atoms with E-state index in [9.17, 15) is 4.79 Å². The molecule has 0 saturated carbocycles. The maximum atomic E-state index is 13.3. The number of hydrogen-bond acceptors (Lipinski definition) is 2. The summed E-state index contributed by atoms with van der Waals surface area (Å²) in [4.78, 5) is 18.0. The summed E-state index contributed by atoms with van der Waals surface area (Å²) in [6.07, 6.45) is 6.11. The lowest BCUT2D eigenvalue weighted by molar-refractivity contribution is 0.102. The van der Waals surface area contributed by atoms with Gasteiger partial charge in [0, 0.05) is 20.3 Å². The van der Waals surface area contributed by atoms with E-state index in [4.69, 9.17) is 0 Å². The molecule has 2 rings (SSSR count). The number of unbranched alkanes of at least 4 members (excludes halogenated alkanes) is 2. The molecule has 0 radical (unpaired) electrons. The van der Waals surface area contributed by atoms with Crippen LogP contribution in [0.4, 0.5) is 5.69 Å². The molecule has 0 fully saturated rings. The second kappa shape index (κ2) is 10.5. The lowest BCUT2D eigenvalue weighted by atomic mass is 10.0. The predicted molar refractivity (Wildman–Crippen MR) is 125 cm³/mol. The third-order valence-electron chi connectivity index (χ3n) is 5.14. The van der Waals surface area contributed by atoms with E-state index in [1.807, 2.05) is 13.8 Å². The largest absolute Gasteiger partial charge is 0.321 e. The lowest BCUT2D eigenvalue weighted by Crippen LogP contribution is -2.19. The number of amides is 1. The summed E-state index contributed by atoms with van der Waals surface area (Å²) in [7, 11) is 0. The number of halogens is 2. The van der Waals surface area contributed by atoms with Crippen molar-refractivity contribution in [3.05, 3.63) is 54.7 Å². The molecule has 3 nitrogen and oxygen atoms in total. The zero-order valence-electron chi connectivity index (χ0n) is 17.5. The van der Waals surface area contributed by atoms with Gasteiger partial charge >= 0.3 is 0 Å². The third-order valence-corrected chi connectivity index (χ3v) is 6.48. The zero-order chi connectivity index (χ0) is 20.8. The van der Waals surface area contributed by atoms with Gasteiger partial charge in [-0.1, -0.05) is 49.5 Å². The maximum absolute atomic E-state index is 13.3. The van der Waals surface area contributed by atoms with Crippen LogP contribution < -0.4 is 5.32 Å². The average Bonchev–Trinajstić information content (AvgIpc) is 2.65. The highest BCUT2D eigenvalue weighted by Gasteiger charge is 2.21. The van der Waals surface area contributed by atoms with Crippen molar-refractivity contribution in [1.29, 1.82) is 0 Å². The molecule has 0 bridgehead atoms. The normalized spacial score (nSPS) is 11.0. The van der Waals surface area contributed by atoms with Gasteiger partial charge < -0.3 is 5.32 Å². The van der Waals surface area contributed by atoms with Crippen LogP contribution in [-0.4, -0.2) is 10.9 Å². The molecule has 0 aliphatic rings. The van der Waals surface area contributed by atoms with Crippen LogP contribution in [0.25, 0.3) is 0 Å². The van der Waals surface area contributed by atoms with E-state index in [1.165, 1.54) is 12.8 Å². The molecular weight excluding hydrogens is 480 g/mol. The molecule has 0 aliphatic carbocycles. The fraction of sp³-hybridized carbons (Fsp3) is 0.478. The number of anilines is 1. The van der Waals surface area contributed by atoms with Crippen LogP contribution in [0.15, 0.2) is 21.1 Å². The maximum Gasteiger partial charge on any atom is 0.258 e. The molecule has 1 amide bonds. The zero-order valence-corrected chi connectivity index (χ0v) is 20.7. The van der Waals surface area contributed by atoms with Crippen LogP contribution in [0.5, 0.6) is 0 Å².